The molecule has 0 aliphatic carbocycles. The molecule has 0 aromatic heterocycles. The van der Waals surface area contributed by atoms with Gasteiger partial charge in [-0.25, -0.2) is 0 Å². The third-order valence-electron chi connectivity index (χ3n) is 2.67. The molecule has 0 bridgehead atoms. The Morgan fingerprint density at radius 3 is 2.55 bits per heavy atom. The minimum absolute atomic E-state index is 0.0722. The fourth-order valence-electron chi connectivity index (χ4n) is 1.84. The van der Waals surface area contributed by atoms with Gasteiger partial charge in [0.1, 0.15) is 5.75 Å². The van der Waals surface area contributed by atoms with Crippen molar-refractivity contribution >= 4 is 14.3 Å². The number of ether oxygens (including phenoxy) is 1. The van der Waals surface area contributed by atoms with E-state index in [0.29, 0.717) is 12.2 Å². The van der Waals surface area contributed by atoms with E-state index in [9.17, 15) is 9.90 Å². The summed E-state index contributed by atoms with van der Waals surface area (Å²) in [5.41, 5.74) is -0.605. The van der Waals surface area contributed by atoms with Gasteiger partial charge in [-0.2, -0.15) is 0 Å². The number of esters is 1. The normalized spacial score (nSPS) is 14.5. The first-order valence-electron chi connectivity index (χ1n) is 6.81. The minimum Gasteiger partial charge on any atom is -0.544 e. The Hall–Kier alpha value is -1.33. The minimum atomic E-state index is -1.70. The first-order valence-corrected chi connectivity index (χ1v) is 10.2. The molecule has 112 valence electrons. The maximum Gasteiger partial charge on any atom is 0.309 e. The van der Waals surface area contributed by atoms with Crippen molar-refractivity contribution in [3.63, 3.8) is 0 Å². The van der Waals surface area contributed by atoms with Crippen molar-refractivity contribution < 1.29 is 19.1 Å². The van der Waals surface area contributed by atoms with E-state index in [4.69, 9.17) is 9.16 Å². The Kier molecular flexibility index (Phi) is 5.36. The van der Waals surface area contributed by atoms with Crippen LogP contribution in [0.25, 0.3) is 0 Å². The van der Waals surface area contributed by atoms with Crippen molar-refractivity contribution in [2.24, 2.45) is 0 Å². The number of hydrogen-bond acceptors (Lipinski definition) is 4. The Balaban J connectivity index is 2.89. The van der Waals surface area contributed by atoms with Gasteiger partial charge in [-0.05, 0) is 51.2 Å². The molecule has 1 atom stereocenters. The van der Waals surface area contributed by atoms with Crippen molar-refractivity contribution in [2.75, 3.05) is 6.61 Å². The van der Waals surface area contributed by atoms with Gasteiger partial charge in [-0.3, -0.25) is 4.79 Å². The molecular formula is C15H24O4Si. The molecule has 0 saturated heterocycles. The highest BCUT2D eigenvalue weighted by Gasteiger charge is 2.28. The van der Waals surface area contributed by atoms with Crippen LogP contribution in [-0.2, 0) is 15.1 Å². The highest BCUT2D eigenvalue weighted by molar-refractivity contribution is 6.70. The predicted octanol–water partition coefficient (Wildman–Crippen LogP) is 3.06. The monoisotopic (exact) mass is 296 g/mol. The van der Waals surface area contributed by atoms with Crippen LogP contribution in [0.5, 0.6) is 5.75 Å². The van der Waals surface area contributed by atoms with Gasteiger partial charge in [0, 0.05) is 0 Å². The first kappa shape index (κ1) is 16.7. The highest BCUT2D eigenvalue weighted by atomic mass is 28.4. The van der Waals surface area contributed by atoms with Gasteiger partial charge in [-0.15, -0.1) is 0 Å². The molecule has 1 aromatic carbocycles. The van der Waals surface area contributed by atoms with Crippen LogP contribution in [0, 0.1) is 0 Å². The fourth-order valence-corrected chi connectivity index (χ4v) is 2.68. The molecule has 1 unspecified atom stereocenters. The summed E-state index contributed by atoms with van der Waals surface area (Å²) in [7, 11) is -1.70. The lowest BCUT2D eigenvalue weighted by Gasteiger charge is -2.25. The zero-order valence-corrected chi connectivity index (χ0v) is 13.9. The summed E-state index contributed by atoms with van der Waals surface area (Å²) in [4.78, 5) is 11.5. The number of hydrogen-bond donors (Lipinski definition) is 1. The zero-order chi connectivity index (χ0) is 15.4. The second kappa shape index (κ2) is 6.41. The molecule has 0 heterocycles. The highest BCUT2D eigenvalue weighted by Crippen LogP contribution is 2.28. The number of aliphatic hydroxyl groups is 1. The molecule has 0 fully saturated rings. The number of carbonyl (C=O) groups excluding carboxylic acids is 1. The average molecular weight is 296 g/mol. The molecule has 0 radical (unpaired) electrons. The van der Waals surface area contributed by atoms with Crippen molar-refractivity contribution in [1.29, 1.82) is 0 Å². The topological polar surface area (TPSA) is 55.8 Å². The van der Waals surface area contributed by atoms with Crippen LogP contribution in [0.1, 0.15) is 25.8 Å². The van der Waals surface area contributed by atoms with E-state index in [1.807, 2.05) is 12.1 Å². The van der Waals surface area contributed by atoms with E-state index in [-0.39, 0.29) is 6.42 Å². The van der Waals surface area contributed by atoms with Crippen molar-refractivity contribution in [3.05, 3.63) is 29.8 Å². The van der Waals surface area contributed by atoms with Gasteiger partial charge in [0.25, 0.3) is 0 Å². The number of carbonyl (C=O) groups is 1. The SMILES string of the molecule is CCOC(=O)CC(C)(O)c1cccc(O[Si](C)(C)C)c1. The molecule has 1 N–H and O–H groups in total. The number of benzene rings is 1. The summed E-state index contributed by atoms with van der Waals surface area (Å²) >= 11 is 0. The quantitative estimate of drug-likeness (QED) is 0.647. The Labute approximate surface area is 121 Å². The van der Waals surface area contributed by atoms with Crippen LogP contribution in [0.2, 0.25) is 19.6 Å². The molecule has 0 spiro atoms. The largest absolute Gasteiger partial charge is 0.544 e. The first-order chi connectivity index (χ1) is 9.14. The molecule has 0 aliphatic heterocycles. The Bertz CT molecular complexity index is 463. The van der Waals surface area contributed by atoms with Crippen molar-refractivity contribution in [2.45, 2.75) is 45.5 Å². The molecule has 0 saturated carbocycles. The summed E-state index contributed by atoms with van der Waals surface area (Å²) in [6, 6.07) is 7.26. The molecule has 5 heteroatoms. The van der Waals surface area contributed by atoms with E-state index in [0.717, 1.165) is 5.75 Å². The third kappa shape index (κ3) is 5.34. The van der Waals surface area contributed by atoms with Crippen LogP contribution in [0.3, 0.4) is 0 Å². The van der Waals surface area contributed by atoms with Gasteiger partial charge in [0.05, 0.1) is 18.6 Å². The summed E-state index contributed by atoms with van der Waals surface area (Å²) < 4.78 is 10.8. The predicted molar refractivity (Wildman–Crippen MR) is 81.2 cm³/mol. The van der Waals surface area contributed by atoms with E-state index in [1.165, 1.54) is 0 Å². The van der Waals surface area contributed by atoms with Crippen LogP contribution in [0.15, 0.2) is 24.3 Å². The van der Waals surface area contributed by atoms with Gasteiger partial charge in [-0.1, -0.05) is 12.1 Å². The summed E-state index contributed by atoms with van der Waals surface area (Å²) in [6.45, 7) is 9.95. The molecule has 0 amide bonds. The van der Waals surface area contributed by atoms with E-state index < -0.39 is 19.9 Å². The van der Waals surface area contributed by atoms with Gasteiger partial charge < -0.3 is 14.3 Å². The zero-order valence-electron chi connectivity index (χ0n) is 12.9. The summed E-state index contributed by atoms with van der Waals surface area (Å²) in [5, 5.41) is 10.5. The van der Waals surface area contributed by atoms with Crippen LogP contribution < -0.4 is 4.43 Å². The molecule has 0 aliphatic rings. The molecular weight excluding hydrogens is 272 g/mol. The maximum atomic E-state index is 11.5. The Morgan fingerprint density at radius 1 is 1.35 bits per heavy atom. The van der Waals surface area contributed by atoms with Crippen LogP contribution in [0.4, 0.5) is 0 Å². The number of rotatable bonds is 6. The maximum absolute atomic E-state index is 11.5. The van der Waals surface area contributed by atoms with Crippen molar-refractivity contribution in [3.8, 4) is 5.75 Å². The van der Waals surface area contributed by atoms with Gasteiger partial charge >= 0.3 is 5.97 Å². The third-order valence-corrected chi connectivity index (χ3v) is 3.52. The second-order valence-corrected chi connectivity index (χ2v) is 10.4. The standard InChI is InChI=1S/C15H24O4Si/c1-6-18-14(16)11-15(2,17)12-8-7-9-13(10-12)19-20(3,4)5/h7-10,17H,6,11H2,1-5H3. The lowest BCUT2D eigenvalue weighted by molar-refractivity contribution is -0.148. The molecule has 20 heavy (non-hydrogen) atoms. The smallest absolute Gasteiger partial charge is 0.309 e. The van der Waals surface area contributed by atoms with E-state index in [2.05, 4.69) is 19.6 Å². The van der Waals surface area contributed by atoms with Crippen LogP contribution >= 0.6 is 0 Å². The lowest BCUT2D eigenvalue weighted by Crippen LogP contribution is -2.30. The fraction of sp³-hybridized carbons (Fsp3) is 0.533. The average Bonchev–Trinajstić information content (AvgIpc) is 2.26. The second-order valence-electron chi connectivity index (χ2n) is 6.00. The molecule has 4 nitrogen and oxygen atoms in total. The summed E-state index contributed by atoms with van der Waals surface area (Å²) in [6.07, 6.45) is -0.0722. The van der Waals surface area contributed by atoms with Gasteiger partial charge in [0.15, 0.2) is 0 Å². The van der Waals surface area contributed by atoms with E-state index >= 15 is 0 Å². The molecule has 1 aromatic rings. The summed E-state index contributed by atoms with van der Waals surface area (Å²) in [5.74, 6) is 0.319. The van der Waals surface area contributed by atoms with Crippen molar-refractivity contribution in [1.82, 2.24) is 0 Å². The van der Waals surface area contributed by atoms with Gasteiger partial charge in [0.2, 0.25) is 8.32 Å². The lowest BCUT2D eigenvalue weighted by atomic mass is 9.92. The van der Waals surface area contributed by atoms with Crippen LogP contribution in [-0.4, -0.2) is 26.0 Å². The van der Waals surface area contributed by atoms with E-state index in [1.54, 1.807) is 26.0 Å². The molecule has 1 rings (SSSR count). The Morgan fingerprint density at radius 2 is 2.00 bits per heavy atom.